The first-order valence-electron chi connectivity index (χ1n) is 9.37. The van der Waals surface area contributed by atoms with Crippen molar-refractivity contribution in [3.63, 3.8) is 0 Å². The SMILES string of the molecule is CCOC(=O)COc1ccccc1/C=C1/C(=O)NC(=O)N(c2ccc(Br)c(C)c2)C1=O. The number of halogens is 1. The van der Waals surface area contributed by atoms with Gasteiger partial charge in [-0.25, -0.2) is 14.5 Å². The summed E-state index contributed by atoms with van der Waals surface area (Å²) in [5.41, 5.74) is 1.30. The molecule has 1 aliphatic heterocycles. The second kappa shape index (κ2) is 9.57. The molecule has 9 heteroatoms. The molecule has 0 radical (unpaired) electrons. The molecule has 0 saturated carbocycles. The Balaban J connectivity index is 1.93. The summed E-state index contributed by atoms with van der Waals surface area (Å²) in [4.78, 5) is 50.3. The van der Waals surface area contributed by atoms with E-state index in [2.05, 4.69) is 21.2 Å². The Hall–Kier alpha value is -3.46. The van der Waals surface area contributed by atoms with E-state index in [1.807, 2.05) is 6.92 Å². The molecule has 1 fully saturated rings. The van der Waals surface area contributed by atoms with Crippen molar-refractivity contribution in [1.82, 2.24) is 5.32 Å². The monoisotopic (exact) mass is 486 g/mol. The zero-order valence-corrected chi connectivity index (χ0v) is 18.4. The standard InChI is InChI=1S/C22H19BrN2O6/c1-3-30-19(26)12-31-18-7-5-4-6-14(18)11-16-20(27)24-22(29)25(21(16)28)15-8-9-17(23)13(2)10-15/h4-11H,3,12H2,1-2H3,(H,24,27,29)/b16-11-. The lowest BCUT2D eigenvalue weighted by Gasteiger charge is -2.26. The number of nitrogens with zero attached hydrogens (tertiary/aromatic N) is 1. The van der Waals surface area contributed by atoms with E-state index < -0.39 is 23.8 Å². The van der Waals surface area contributed by atoms with Crippen molar-refractivity contribution in [3.8, 4) is 5.75 Å². The first-order valence-corrected chi connectivity index (χ1v) is 10.2. The van der Waals surface area contributed by atoms with Crippen molar-refractivity contribution >= 4 is 51.5 Å². The van der Waals surface area contributed by atoms with Crippen molar-refractivity contribution in [1.29, 1.82) is 0 Å². The largest absolute Gasteiger partial charge is 0.481 e. The molecule has 0 atom stereocenters. The third-order valence-electron chi connectivity index (χ3n) is 4.37. The number of ether oxygens (including phenoxy) is 2. The zero-order chi connectivity index (χ0) is 22.5. The highest BCUT2D eigenvalue weighted by Crippen LogP contribution is 2.28. The average molecular weight is 487 g/mol. The average Bonchev–Trinajstić information content (AvgIpc) is 2.73. The zero-order valence-electron chi connectivity index (χ0n) is 16.8. The topological polar surface area (TPSA) is 102 Å². The highest BCUT2D eigenvalue weighted by molar-refractivity contribution is 9.10. The quantitative estimate of drug-likeness (QED) is 0.381. The molecule has 2 aromatic rings. The van der Waals surface area contributed by atoms with Gasteiger partial charge < -0.3 is 9.47 Å². The molecule has 8 nitrogen and oxygen atoms in total. The summed E-state index contributed by atoms with van der Waals surface area (Å²) in [7, 11) is 0. The number of para-hydroxylation sites is 1. The summed E-state index contributed by atoms with van der Waals surface area (Å²) in [6.45, 7) is 3.40. The van der Waals surface area contributed by atoms with Crippen molar-refractivity contribution < 1.29 is 28.7 Å². The van der Waals surface area contributed by atoms with Crippen LogP contribution in [0.2, 0.25) is 0 Å². The second-order valence-corrected chi connectivity index (χ2v) is 7.38. The molecular weight excluding hydrogens is 468 g/mol. The van der Waals surface area contributed by atoms with Crippen LogP contribution in [0.25, 0.3) is 6.08 Å². The lowest BCUT2D eigenvalue weighted by atomic mass is 10.1. The van der Waals surface area contributed by atoms with Gasteiger partial charge in [0.15, 0.2) is 6.61 Å². The molecule has 1 saturated heterocycles. The molecule has 0 unspecified atom stereocenters. The first-order chi connectivity index (χ1) is 14.8. The number of carbonyl (C=O) groups excluding carboxylic acids is 4. The molecule has 0 spiro atoms. The van der Waals surface area contributed by atoms with Crippen molar-refractivity contribution in [2.45, 2.75) is 13.8 Å². The van der Waals surface area contributed by atoms with Gasteiger partial charge in [0.05, 0.1) is 12.3 Å². The maximum absolute atomic E-state index is 13.1. The lowest BCUT2D eigenvalue weighted by molar-refractivity contribution is -0.145. The Morgan fingerprint density at radius 3 is 2.61 bits per heavy atom. The summed E-state index contributed by atoms with van der Waals surface area (Å²) in [6, 6.07) is 10.7. The molecule has 160 valence electrons. The summed E-state index contributed by atoms with van der Waals surface area (Å²) in [5, 5.41) is 2.18. The number of rotatable bonds is 6. The Morgan fingerprint density at radius 1 is 1.16 bits per heavy atom. The van der Waals surface area contributed by atoms with Crippen LogP contribution in [0.3, 0.4) is 0 Å². The van der Waals surface area contributed by atoms with Crippen LogP contribution in [0.5, 0.6) is 5.75 Å². The van der Waals surface area contributed by atoms with Crippen LogP contribution in [0, 0.1) is 6.92 Å². The molecule has 4 amide bonds. The molecule has 3 rings (SSSR count). The van der Waals surface area contributed by atoms with Crippen LogP contribution in [0.1, 0.15) is 18.1 Å². The van der Waals surface area contributed by atoms with E-state index in [0.717, 1.165) is 14.9 Å². The summed E-state index contributed by atoms with van der Waals surface area (Å²) in [6.07, 6.45) is 1.32. The molecule has 1 aliphatic rings. The summed E-state index contributed by atoms with van der Waals surface area (Å²) < 4.78 is 11.1. The predicted octanol–water partition coefficient (Wildman–Crippen LogP) is 3.37. The fourth-order valence-corrected chi connectivity index (χ4v) is 3.13. The number of amides is 4. The molecule has 1 N–H and O–H groups in total. The minimum Gasteiger partial charge on any atom is -0.481 e. The second-order valence-electron chi connectivity index (χ2n) is 6.52. The number of hydrogen-bond acceptors (Lipinski definition) is 6. The van der Waals surface area contributed by atoms with E-state index in [1.54, 1.807) is 49.4 Å². The van der Waals surface area contributed by atoms with Crippen LogP contribution in [-0.4, -0.2) is 37.0 Å². The first kappa shape index (κ1) is 22.2. The van der Waals surface area contributed by atoms with Gasteiger partial charge in [0.2, 0.25) is 0 Å². The predicted molar refractivity (Wildman–Crippen MR) is 116 cm³/mol. The molecule has 0 aliphatic carbocycles. The molecule has 0 aromatic heterocycles. The molecule has 1 heterocycles. The Morgan fingerprint density at radius 2 is 1.90 bits per heavy atom. The van der Waals surface area contributed by atoms with Crippen LogP contribution in [-0.2, 0) is 19.1 Å². The Labute approximate surface area is 186 Å². The number of carbonyl (C=O) groups is 4. The van der Waals surface area contributed by atoms with Crippen LogP contribution in [0.4, 0.5) is 10.5 Å². The van der Waals surface area contributed by atoms with Gasteiger partial charge in [0.1, 0.15) is 11.3 Å². The van der Waals surface area contributed by atoms with Crippen molar-refractivity contribution in [2.75, 3.05) is 18.1 Å². The van der Waals surface area contributed by atoms with Gasteiger partial charge in [0.25, 0.3) is 11.8 Å². The number of esters is 1. The third kappa shape index (κ3) is 5.00. The molecule has 31 heavy (non-hydrogen) atoms. The number of barbiturate groups is 1. The van der Waals surface area contributed by atoms with Gasteiger partial charge >= 0.3 is 12.0 Å². The smallest absolute Gasteiger partial charge is 0.344 e. The van der Waals surface area contributed by atoms with Gasteiger partial charge in [-0.2, -0.15) is 0 Å². The minimum absolute atomic E-state index is 0.224. The normalized spacial score (nSPS) is 15.1. The van der Waals surface area contributed by atoms with E-state index in [0.29, 0.717) is 11.3 Å². The van der Waals surface area contributed by atoms with Gasteiger partial charge in [-0.1, -0.05) is 34.1 Å². The summed E-state index contributed by atoms with van der Waals surface area (Å²) in [5.74, 6) is -1.85. The van der Waals surface area contributed by atoms with Gasteiger partial charge in [-0.3, -0.25) is 14.9 Å². The van der Waals surface area contributed by atoms with E-state index in [-0.39, 0.29) is 24.5 Å². The molecule has 2 aromatic carbocycles. The Kier molecular flexibility index (Phi) is 6.86. The number of nitrogens with one attached hydrogen (secondary N) is 1. The fourth-order valence-electron chi connectivity index (χ4n) is 2.89. The van der Waals surface area contributed by atoms with Crippen LogP contribution < -0.4 is 15.0 Å². The van der Waals surface area contributed by atoms with Gasteiger partial charge in [-0.05, 0) is 49.8 Å². The number of urea groups is 1. The van der Waals surface area contributed by atoms with Gasteiger partial charge in [-0.15, -0.1) is 0 Å². The van der Waals surface area contributed by atoms with E-state index in [9.17, 15) is 19.2 Å². The van der Waals surface area contributed by atoms with Crippen molar-refractivity contribution in [2.24, 2.45) is 0 Å². The number of aryl methyl sites for hydroxylation is 1. The molecule has 0 bridgehead atoms. The van der Waals surface area contributed by atoms with E-state index in [1.165, 1.54) is 6.08 Å². The maximum Gasteiger partial charge on any atom is 0.344 e. The van der Waals surface area contributed by atoms with E-state index in [4.69, 9.17) is 9.47 Å². The Bertz CT molecular complexity index is 1100. The number of imide groups is 2. The molecular formula is C22H19BrN2O6. The lowest BCUT2D eigenvalue weighted by Crippen LogP contribution is -2.54. The van der Waals surface area contributed by atoms with Crippen molar-refractivity contribution in [3.05, 3.63) is 63.6 Å². The third-order valence-corrected chi connectivity index (χ3v) is 5.26. The number of hydrogen-bond donors (Lipinski definition) is 1. The highest BCUT2D eigenvalue weighted by atomic mass is 79.9. The number of anilines is 1. The minimum atomic E-state index is -0.833. The number of benzene rings is 2. The highest BCUT2D eigenvalue weighted by Gasteiger charge is 2.37. The van der Waals surface area contributed by atoms with Crippen LogP contribution in [0.15, 0.2) is 52.5 Å². The maximum atomic E-state index is 13.1. The van der Waals surface area contributed by atoms with E-state index >= 15 is 0 Å². The van der Waals surface area contributed by atoms with Crippen LogP contribution >= 0.6 is 15.9 Å². The van der Waals surface area contributed by atoms with Gasteiger partial charge in [0, 0.05) is 10.0 Å². The summed E-state index contributed by atoms with van der Waals surface area (Å²) >= 11 is 3.38. The fraction of sp³-hybridized carbons (Fsp3) is 0.182.